The van der Waals surface area contributed by atoms with Gasteiger partial charge in [0, 0.05) is 51.8 Å². The van der Waals surface area contributed by atoms with Gasteiger partial charge < -0.3 is 14.7 Å². The molecule has 1 saturated heterocycles. The highest BCUT2D eigenvalue weighted by Crippen LogP contribution is 2.19. The highest BCUT2D eigenvalue weighted by molar-refractivity contribution is 5.94. The minimum atomic E-state index is 0.0954. The van der Waals surface area contributed by atoms with Crippen LogP contribution in [0.4, 0.5) is 11.9 Å². The molecule has 1 aromatic heterocycles. The van der Waals surface area contributed by atoms with Crippen molar-refractivity contribution in [3.63, 3.8) is 0 Å². The fourth-order valence-electron chi connectivity index (χ4n) is 3.25. The van der Waals surface area contributed by atoms with Gasteiger partial charge in [0.25, 0.3) is 5.91 Å². The van der Waals surface area contributed by atoms with Crippen molar-refractivity contribution in [1.82, 2.24) is 19.9 Å². The molecular weight excluding hydrogens is 352 g/mol. The van der Waals surface area contributed by atoms with Crippen LogP contribution in [0.3, 0.4) is 0 Å². The molecule has 7 heteroatoms. The summed E-state index contributed by atoms with van der Waals surface area (Å²) in [5.41, 5.74) is 1.86. The monoisotopic (exact) mass is 382 g/mol. The number of hydrogen-bond donors (Lipinski definition) is 0. The Morgan fingerprint density at radius 3 is 2.54 bits per heavy atom. The van der Waals surface area contributed by atoms with E-state index in [0.717, 1.165) is 36.5 Å². The number of hydrogen-bond acceptors (Lipinski definition) is 6. The summed E-state index contributed by atoms with van der Waals surface area (Å²) in [6.07, 6.45) is 0.886. The zero-order valence-electron chi connectivity index (χ0n) is 17.5. The highest BCUT2D eigenvalue weighted by atomic mass is 16.2. The van der Waals surface area contributed by atoms with Crippen LogP contribution in [0.1, 0.15) is 47.9 Å². The SMILES string of the molecule is Cc1cccc(C(=O)N2CCCN(c3nc(C(C)C)nc(N(C)C)n3)CC2)c1. The Morgan fingerprint density at radius 2 is 1.86 bits per heavy atom. The van der Waals surface area contributed by atoms with Crippen molar-refractivity contribution in [1.29, 1.82) is 0 Å². The van der Waals surface area contributed by atoms with E-state index in [1.807, 2.05) is 55.1 Å². The molecule has 0 saturated carbocycles. The lowest BCUT2D eigenvalue weighted by Crippen LogP contribution is -2.36. The summed E-state index contributed by atoms with van der Waals surface area (Å²) in [6, 6.07) is 7.79. The van der Waals surface area contributed by atoms with Crippen LogP contribution in [0.2, 0.25) is 0 Å². The summed E-state index contributed by atoms with van der Waals surface area (Å²) in [4.78, 5) is 32.8. The standard InChI is InChI=1S/C21H30N6O/c1-15(2)18-22-20(25(4)5)24-21(23-18)27-11-7-10-26(12-13-27)19(28)17-9-6-8-16(3)14-17/h6,8-9,14-15H,7,10-13H2,1-5H3. The number of carbonyl (C=O) groups excluding carboxylic acids is 1. The number of amides is 1. The van der Waals surface area contributed by atoms with Crippen LogP contribution < -0.4 is 9.80 Å². The van der Waals surface area contributed by atoms with Crippen molar-refractivity contribution in [2.24, 2.45) is 0 Å². The predicted octanol–water partition coefficient (Wildman–Crippen LogP) is 2.72. The Balaban J connectivity index is 1.77. The molecular formula is C21H30N6O. The number of aryl methyl sites for hydroxylation is 1. The minimum absolute atomic E-state index is 0.0954. The van der Waals surface area contributed by atoms with Gasteiger partial charge >= 0.3 is 0 Å². The zero-order valence-corrected chi connectivity index (χ0v) is 17.5. The summed E-state index contributed by atoms with van der Waals surface area (Å²) in [6.45, 7) is 9.12. The molecule has 3 rings (SSSR count). The minimum Gasteiger partial charge on any atom is -0.347 e. The van der Waals surface area contributed by atoms with Crippen molar-refractivity contribution in [2.75, 3.05) is 50.1 Å². The van der Waals surface area contributed by atoms with Gasteiger partial charge in [-0.05, 0) is 25.5 Å². The predicted molar refractivity (Wildman–Crippen MR) is 112 cm³/mol. The number of nitrogens with zero attached hydrogens (tertiary/aromatic N) is 6. The normalized spacial score (nSPS) is 14.9. The molecule has 1 aliphatic heterocycles. The van der Waals surface area contributed by atoms with E-state index in [1.165, 1.54) is 0 Å². The van der Waals surface area contributed by atoms with Crippen LogP contribution in [-0.2, 0) is 0 Å². The van der Waals surface area contributed by atoms with E-state index < -0.39 is 0 Å². The van der Waals surface area contributed by atoms with Crippen LogP contribution in [0.25, 0.3) is 0 Å². The Kier molecular flexibility index (Phi) is 6.11. The molecule has 1 aliphatic rings. The molecule has 7 nitrogen and oxygen atoms in total. The van der Waals surface area contributed by atoms with Crippen molar-refractivity contribution < 1.29 is 4.79 Å². The van der Waals surface area contributed by atoms with Gasteiger partial charge in [-0.2, -0.15) is 15.0 Å². The number of rotatable bonds is 4. The lowest BCUT2D eigenvalue weighted by molar-refractivity contribution is 0.0767. The van der Waals surface area contributed by atoms with E-state index in [4.69, 9.17) is 4.98 Å². The van der Waals surface area contributed by atoms with Gasteiger partial charge in [-0.1, -0.05) is 31.5 Å². The number of anilines is 2. The maximum absolute atomic E-state index is 12.9. The molecule has 0 N–H and O–H groups in total. The van der Waals surface area contributed by atoms with Gasteiger partial charge in [0.2, 0.25) is 11.9 Å². The summed E-state index contributed by atoms with van der Waals surface area (Å²) < 4.78 is 0. The maximum Gasteiger partial charge on any atom is 0.253 e. The maximum atomic E-state index is 12.9. The average molecular weight is 383 g/mol. The molecule has 2 aromatic rings. The molecule has 1 aromatic carbocycles. The first-order chi connectivity index (χ1) is 13.3. The quantitative estimate of drug-likeness (QED) is 0.810. The summed E-state index contributed by atoms with van der Waals surface area (Å²) in [7, 11) is 3.88. The first kappa shape index (κ1) is 20.0. The van der Waals surface area contributed by atoms with Crippen molar-refractivity contribution in [3.05, 3.63) is 41.2 Å². The fraction of sp³-hybridized carbons (Fsp3) is 0.524. The Morgan fingerprint density at radius 1 is 1.07 bits per heavy atom. The molecule has 28 heavy (non-hydrogen) atoms. The summed E-state index contributed by atoms with van der Waals surface area (Å²) in [5, 5.41) is 0. The van der Waals surface area contributed by atoms with Crippen LogP contribution in [0.15, 0.2) is 24.3 Å². The van der Waals surface area contributed by atoms with Crippen molar-refractivity contribution in [2.45, 2.75) is 33.1 Å². The second-order valence-corrected chi connectivity index (χ2v) is 7.85. The second kappa shape index (κ2) is 8.54. The Labute approximate surface area is 167 Å². The Bertz CT molecular complexity index is 809. The molecule has 0 radical (unpaired) electrons. The van der Waals surface area contributed by atoms with Crippen molar-refractivity contribution in [3.8, 4) is 0 Å². The zero-order chi connectivity index (χ0) is 20.3. The molecule has 0 atom stereocenters. The lowest BCUT2D eigenvalue weighted by atomic mass is 10.1. The van der Waals surface area contributed by atoms with Crippen LogP contribution in [0.5, 0.6) is 0 Å². The lowest BCUT2D eigenvalue weighted by Gasteiger charge is -2.24. The van der Waals surface area contributed by atoms with E-state index in [1.54, 1.807) is 0 Å². The second-order valence-electron chi connectivity index (χ2n) is 7.85. The third-order valence-electron chi connectivity index (χ3n) is 4.88. The third kappa shape index (κ3) is 4.58. The molecule has 0 bridgehead atoms. The Hall–Kier alpha value is -2.70. The fourth-order valence-corrected chi connectivity index (χ4v) is 3.25. The highest BCUT2D eigenvalue weighted by Gasteiger charge is 2.23. The smallest absolute Gasteiger partial charge is 0.253 e. The molecule has 0 spiro atoms. The van der Waals surface area contributed by atoms with Gasteiger partial charge in [-0.3, -0.25) is 4.79 Å². The largest absolute Gasteiger partial charge is 0.347 e. The van der Waals surface area contributed by atoms with Crippen LogP contribution in [-0.4, -0.2) is 66.0 Å². The first-order valence-corrected chi connectivity index (χ1v) is 9.89. The van der Waals surface area contributed by atoms with E-state index >= 15 is 0 Å². The molecule has 0 unspecified atom stereocenters. The topological polar surface area (TPSA) is 65.5 Å². The number of benzene rings is 1. The number of carbonyl (C=O) groups is 1. The van der Waals surface area contributed by atoms with E-state index in [0.29, 0.717) is 25.0 Å². The van der Waals surface area contributed by atoms with Gasteiger partial charge in [0.05, 0.1) is 0 Å². The van der Waals surface area contributed by atoms with Gasteiger partial charge in [-0.25, -0.2) is 0 Å². The summed E-state index contributed by atoms with van der Waals surface area (Å²) >= 11 is 0. The van der Waals surface area contributed by atoms with Crippen LogP contribution in [0, 0.1) is 6.92 Å². The van der Waals surface area contributed by atoms with Gasteiger partial charge in [0.1, 0.15) is 5.82 Å². The third-order valence-corrected chi connectivity index (χ3v) is 4.88. The van der Waals surface area contributed by atoms with E-state index in [-0.39, 0.29) is 11.8 Å². The van der Waals surface area contributed by atoms with Crippen LogP contribution >= 0.6 is 0 Å². The van der Waals surface area contributed by atoms with E-state index in [9.17, 15) is 4.79 Å². The number of aromatic nitrogens is 3. The summed E-state index contributed by atoms with van der Waals surface area (Å²) in [5.74, 6) is 2.49. The average Bonchev–Trinajstić information content (AvgIpc) is 2.93. The van der Waals surface area contributed by atoms with Crippen molar-refractivity contribution >= 4 is 17.8 Å². The molecule has 150 valence electrons. The molecule has 1 amide bonds. The molecule has 2 heterocycles. The van der Waals surface area contributed by atoms with Gasteiger partial charge in [-0.15, -0.1) is 0 Å². The first-order valence-electron chi connectivity index (χ1n) is 9.89. The van der Waals surface area contributed by atoms with Gasteiger partial charge in [0.15, 0.2) is 0 Å². The molecule has 0 aliphatic carbocycles. The van der Waals surface area contributed by atoms with E-state index in [2.05, 4.69) is 28.7 Å². The molecule has 1 fully saturated rings.